The van der Waals surface area contributed by atoms with E-state index in [-0.39, 0.29) is 16.5 Å². The first-order valence-corrected chi connectivity index (χ1v) is 7.87. The zero-order valence-electron chi connectivity index (χ0n) is 13.8. The molecule has 26 heavy (non-hydrogen) atoms. The number of ketones is 1. The van der Waals surface area contributed by atoms with Crippen molar-refractivity contribution >= 4 is 34.9 Å². The van der Waals surface area contributed by atoms with Crippen LogP contribution in [0.4, 0.5) is 10.1 Å². The van der Waals surface area contributed by atoms with Crippen molar-refractivity contribution in [2.24, 2.45) is 0 Å². The van der Waals surface area contributed by atoms with Crippen molar-refractivity contribution in [1.82, 2.24) is 0 Å². The number of benzene rings is 2. The van der Waals surface area contributed by atoms with Gasteiger partial charge in [-0.15, -0.1) is 0 Å². The zero-order chi connectivity index (χ0) is 19.1. The maximum atomic E-state index is 13.6. The van der Waals surface area contributed by atoms with Crippen molar-refractivity contribution in [3.8, 4) is 5.75 Å². The monoisotopic (exact) mass is 379 g/mol. The summed E-state index contributed by atoms with van der Waals surface area (Å²) < 4.78 is 23.5. The van der Waals surface area contributed by atoms with Crippen LogP contribution in [0.25, 0.3) is 0 Å². The molecule has 0 saturated carbocycles. The molecule has 0 bridgehead atoms. The van der Waals surface area contributed by atoms with Crippen molar-refractivity contribution in [2.45, 2.75) is 6.92 Å². The second-order valence-electron chi connectivity index (χ2n) is 5.21. The highest BCUT2D eigenvalue weighted by Crippen LogP contribution is 2.18. The highest BCUT2D eigenvalue weighted by atomic mass is 35.5. The first kappa shape index (κ1) is 19.4. The molecule has 0 aliphatic carbocycles. The molecule has 2 aromatic rings. The first-order valence-electron chi connectivity index (χ1n) is 7.49. The quantitative estimate of drug-likeness (QED) is 0.590. The largest absolute Gasteiger partial charge is 0.482 e. The number of rotatable bonds is 7. The molecule has 0 unspecified atom stereocenters. The number of hydrogen-bond acceptors (Lipinski definition) is 5. The standard InChI is InChI=1S/C18H15ClFNO5/c1-11(22)12-3-2-4-14(7-12)25-10-18(24)26-9-17(23)21-16-6-5-13(19)8-15(16)20/h2-8H,9-10H2,1H3,(H,21,23). The number of carbonyl (C=O) groups is 3. The van der Waals surface area contributed by atoms with E-state index in [1.165, 1.54) is 25.1 Å². The normalized spacial score (nSPS) is 10.1. The summed E-state index contributed by atoms with van der Waals surface area (Å²) in [6.07, 6.45) is 0. The predicted molar refractivity (Wildman–Crippen MR) is 92.9 cm³/mol. The summed E-state index contributed by atoms with van der Waals surface area (Å²) in [4.78, 5) is 34.6. The van der Waals surface area contributed by atoms with Crippen molar-refractivity contribution in [1.29, 1.82) is 0 Å². The molecule has 0 fully saturated rings. The highest BCUT2D eigenvalue weighted by molar-refractivity contribution is 6.30. The summed E-state index contributed by atoms with van der Waals surface area (Å²) in [6, 6.07) is 10.1. The molecule has 1 amide bonds. The van der Waals surface area contributed by atoms with Crippen LogP contribution >= 0.6 is 11.6 Å². The lowest BCUT2D eigenvalue weighted by Crippen LogP contribution is -2.24. The molecule has 0 saturated heterocycles. The van der Waals surface area contributed by atoms with Gasteiger partial charge in [0.2, 0.25) is 0 Å². The van der Waals surface area contributed by atoms with Gasteiger partial charge in [-0.05, 0) is 37.3 Å². The Balaban J connectivity index is 1.78. The maximum absolute atomic E-state index is 13.6. The Kier molecular flexibility index (Phi) is 6.68. The average molecular weight is 380 g/mol. The van der Waals surface area contributed by atoms with Crippen LogP contribution in [-0.4, -0.2) is 30.9 Å². The Morgan fingerprint density at radius 2 is 1.88 bits per heavy atom. The predicted octanol–water partition coefficient (Wildman–Crippen LogP) is 3.24. The number of nitrogens with one attached hydrogen (secondary N) is 1. The van der Waals surface area contributed by atoms with E-state index in [9.17, 15) is 18.8 Å². The molecule has 0 aromatic heterocycles. The van der Waals surface area contributed by atoms with E-state index in [0.717, 1.165) is 6.07 Å². The maximum Gasteiger partial charge on any atom is 0.344 e. The van der Waals surface area contributed by atoms with Gasteiger partial charge in [0, 0.05) is 10.6 Å². The molecule has 0 heterocycles. The van der Waals surface area contributed by atoms with Crippen LogP contribution < -0.4 is 10.1 Å². The van der Waals surface area contributed by atoms with Gasteiger partial charge in [0.05, 0.1) is 5.69 Å². The molecule has 136 valence electrons. The molecule has 0 aliphatic heterocycles. The minimum atomic E-state index is -0.787. The summed E-state index contributed by atoms with van der Waals surface area (Å²) in [5.74, 6) is -2.01. The molecular formula is C18H15ClFNO5. The van der Waals surface area contributed by atoms with Gasteiger partial charge in [0.15, 0.2) is 19.0 Å². The third kappa shape index (κ3) is 5.86. The van der Waals surface area contributed by atoms with Crippen LogP contribution in [0.3, 0.4) is 0 Å². The topological polar surface area (TPSA) is 81.7 Å². The highest BCUT2D eigenvalue weighted by Gasteiger charge is 2.11. The van der Waals surface area contributed by atoms with Gasteiger partial charge in [-0.1, -0.05) is 23.7 Å². The van der Waals surface area contributed by atoms with Gasteiger partial charge in [-0.25, -0.2) is 9.18 Å². The Morgan fingerprint density at radius 1 is 1.12 bits per heavy atom. The fourth-order valence-corrected chi connectivity index (χ4v) is 2.07. The lowest BCUT2D eigenvalue weighted by atomic mass is 10.1. The minimum absolute atomic E-state index is 0.0762. The van der Waals surface area contributed by atoms with Crippen molar-refractivity contribution < 1.29 is 28.2 Å². The van der Waals surface area contributed by atoms with Crippen LogP contribution in [-0.2, 0) is 14.3 Å². The van der Waals surface area contributed by atoms with E-state index in [1.807, 2.05) is 0 Å². The Morgan fingerprint density at radius 3 is 2.58 bits per heavy atom. The van der Waals surface area contributed by atoms with E-state index in [0.29, 0.717) is 11.3 Å². The fraction of sp³-hybridized carbons (Fsp3) is 0.167. The average Bonchev–Trinajstić information content (AvgIpc) is 2.61. The van der Waals surface area contributed by atoms with E-state index >= 15 is 0 Å². The second kappa shape index (κ2) is 8.96. The SMILES string of the molecule is CC(=O)c1cccc(OCC(=O)OCC(=O)Nc2ccc(Cl)cc2F)c1. The van der Waals surface area contributed by atoms with Gasteiger partial charge in [-0.3, -0.25) is 9.59 Å². The van der Waals surface area contributed by atoms with Crippen LogP contribution in [0.5, 0.6) is 5.75 Å². The van der Waals surface area contributed by atoms with Crippen LogP contribution in [0, 0.1) is 5.82 Å². The molecule has 1 N–H and O–H groups in total. The van der Waals surface area contributed by atoms with Gasteiger partial charge in [-0.2, -0.15) is 0 Å². The van der Waals surface area contributed by atoms with E-state index in [2.05, 4.69) is 5.32 Å². The third-order valence-electron chi connectivity index (χ3n) is 3.17. The first-order chi connectivity index (χ1) is 12.3. The van der Waals surface area contributed by atoms with Crippen LogP contribution in [0.2, 0.25) is 5.02 Å². The summed E-state index contributed by atoms with van der Waals surface area (Å²) in [7, 11) is 0. The van der Waals surface area contributed by atoms with E-state index in [1.54, 1.807) is 18.2 Å². The number of halogens is 2. The molecule has 0 radical (unpaired) electrons. The molecule has 0 aliphatic rings. The van der Waals surface area contributed by atoms with Crippen molar-refractivity contribution in [3.05, 3.63) is 58.9 Å². The molecule has 2 aromatic carbocycles. The number of Topliss-reactive ketones (excluding diaryl/α,β-unsaturated/α-hetero) is 1. The number of carbonyl (C=O) groups excluding carboxylic acids is 3. The van der Waals surface area contributed by atoms with Crippen LogP contribution in [0.1, 0.15) is 17.3 Å². The Labute approximate surface area is 153 Å². The van der Waals surface area contributed by atoms with Gasteiger partial charge in [0.25, 0.3) is 5.91 Å². The fourth-order valence-electron chi connectivity index (χ4n) is 1.91. The molecule has 0 atom stereocenters. The van der Waals surface area contributed by atoms with Gasteiger partial charge >= 0.3 is 5.97 Å². The molecule has 2 rings (SSSR count). The zero-order valence-corrected chi connectivity index (χ0v) is 14.5. The summed E-state index contributed by atoms with van der Waals surface area (Å²) >= 11 is 5.61. The Bertz CT molecular complexity index is 840. The number of anilines is 1. The summed E-state index contributed by atoms with van der Waals surface area (Å²) in [5.41, 5.74) is 0.369. The lowest BCUT2D eigenvalue weighted by molar-refractivity contribution is -0.149. The van der Waals surface area contributed by atoms with Crippen LogP contribution in [0.15, 0.2) is 42.5 Å². The smallest absolute Gasteiger partial charge is 0.344 e. The van der Waals surface area contributed by atoms with E-state index < -0.39 is 30.9 Å². The minimum Gasteiger partial charge on any atom is -0.482 e. The summed E-state index contributed by atoms with van der Waals surface area (Å²) in [6.45, 7) is 0.372. The summed E-state index contributed by atoms with van der Waals surface area (Å²) in [5, 5.41) is 2.45. The van der Waals surface area contributed by atoms with Crippen molar-refractivity contribution in [2.75, 3.05) is 18.5 Å². The van der Waals surface area contributed by atoms with Gasteiger partial charge in [0.1, 0.15) is 11.6 Å². The number of esters is 1. The third-order valence-corrected chi connectivity index (χ3v) is 3.40. The molecule has 0 spiro atoms. The lowest BCUT2D eigenvalue weighted by Gasteiger charge is -2.09. The number of amides is 1. The Hall–Kier alpha value is -2.93. The van der Waals surface area contributed by atoms with E-state index in [4.69, 9.17) is 21.1 Å². The molecular weight excluding hydrogens is 365 g/mol. The van der Waals surface area contributed by atoms with Gasteiger partial charge < -0.3 is 14.8 Å². The molecule has 8 heteroatoms. The number of ether oxygens (including phenoxy) is 2. The second-order valence-corrected chi connectivity index (χ2v) is 5.64. The van der Waals surface area contributed by atoms with Crippen molar-refractivity contribution in [3.63, 3.8) is 0 Å². The molecule has 6 nitrogen and oxygen atoms in total. The number of hydrogen-bond donors (Lipinski definition) is 1.